The zero-order chi connectivity index (χ0) is 19.6. The van der Waals surface area contributed by atoms with Gasteiger partial charge in [0.15, 0.2) is 0 Å². The van der Waals surface area contributed by atoms with Crippen molar-refractivity contribution in [3.63, 3.8) is 0 Å². The molecule has 0 saturated carbocycles. The van der Waals surface area contributed by atoms with Crippen molar-refractivity contribution in [3.05, 3.63) is 87.2 Å². The Morgan fingerprint density at radius 3 is 2.37 bits per heavy atom. The normalized spacial score (nSPS) is 11.0. The van der Waals surface area contributed by atoms with E-state index in [1.165, 1.54) is 5.56 Å². The fraction of sp³-hybridized carbons (Fsp3) is 0.227. The average molecular weight is 383 g/mol. The molecule has 2 N–H and O–H groups in total. The molecule has 0 fully saturated rings. The van der Waals surface area contributed by atoms with Crippen LogP contribution in [-0.4, -0.2) is 15.6 Å². The molecular formula is C22H23ClN2O2. The van der Waals surface area contributed by atoms with E-state index < -0.39 is 5.97 Å². The molecule has 0 atom stereocenters. The summed E-state index contributed by atoms with van der Waals surface area (Å²) in [6.45, 7) is 6.95. The first kappa shape index (κ1) is 19.2. The summed E-state index contributed by atoms with van der Waals surface area (Å²) in [4.78, 5) is 11.9. The predicted molar refractivity (Wildman–Crippen MR) is 109 cm³/mol. The Bertz CT molecular complexity index is 975. The highest BCUT2D eigenvalue weighted by molar-refractivity contribution is 6.30. The smallest absolute Gasteiger partial charge is 0.337 e. The van der Waals surface area contributed by atoms with Crippen molar-refractivity contribution < 1.29 is 9.90 Å². The van der Waals surface area contributed by atoms with Gasteiger partial charge in [0.1, 0.15) is 0 Å². The minimum Gasteiger partial charge on any atom is -0.478 e. The highest BCUT2D eigenvalue weighted by Gasteiger charge is 2.23. The molecule has 0 radical (unpaired) electrons. The van der Waals surface area contributed by atoms with Crippen LogP contribution in [0.3, 0.4) is 0 Å². The molecule has 5 heteroatoms. The van der Waals surface area contributed by atoms with Crippen LogP contribution in [0.1, 0.15) is 38.4 Å². The molecule has 1 heterocycles. The second kappa shape index (κ2) is 7.99. The Labute approximate surface area is 164 Å². The van der Waals surface area contributed by atoms with E-state index in [1.807, 2.05) is 73.9 Å². The van der Waals surface area contributed by atoms with Gasteiger partial charge in [-0.15, -0.1) is 0 Å². The Hall–Kier alpha value is -2.56. The summed E-state index contributed by atoms with van der Waals surface area (Å²) in [5.41, 5.74) is 6.05. The maximum Gasteiger partial charge on any atom is 0.337 e. The van der Waals surface area contributed by atoms with Crippen molar-refractivity contribution in [3.8, 4) is 5.69 Å². The summed E-state index contributed by atoms with van der Waals surface area (Å²) >= 11 is 6.03. The fourth-order valence-corrected chi connectivity index (χ4v) is 3.67. The number of nitrogens with zero attached hydrogens (tertiary/aromatic N) is 1. The summed E-state index contributed by atoms with van der Waals surface area (Å²) in [6.07, 6.45) is 0. The summed E-state index contributed by atoms with van der Waals surface area (Å²) in [7, 11) is 0. The third kappa shape index (κ3) is 4.07. The van der Waals surface area contributed by atoms with E-state index in [0.717, 1.165) is 28.2 Å². The van der Waals surface area contributed by atoms with E-state index in [2.05, 4.69) is 5.32 Å². The standard InChI is InChI=1S/C22H23ClN2O2/c1-14-7-9-19(10-8-14)25-15(2)20(21(16(25)3)22(26)27)13-24-12-17-5-4-6-18(23)11-17/h4-11,24H,12-13H2,1-3H3,(H,26,27). The van der Waals surface area contributed by atoms with Gasteiger partial charge in [0.2, 0.25) is 0 Å². The number of nitrogens with one attached hydrogen (secondary N) is 1. The van der Waals surface area contributed by atoms with Gasteiger partial charge in [-0.3, -0.25) is 0 Å². The van der Waals surface area contributed by atoms with E-state index >= 15 is 0 Å². The molecule has 0 spiro atoms. The van der Waals surface area contributed by atoms with Crippen LogP contribution in [0.2, 0.25) is 5.02 Å². The van der Waals surface area contributed by atoms with Crippen molar-refractivity contribution in [1.82, 2.24) is 9.88 Å². The van der Waals surface area contributed by atoms with Crippen LogP contribution < -0.4 is 5.32 Å². The summed E-state index contributed by atoms with van der Waals surface area (Å²) < 4.78 is 2.01. The van der Waals surface area contributed by atoms with E-state index in [0.29, 0.717) is 23.7 Å². The molecule has 0 aliphatic rings. The van der Waals surface area contributed by atoms with Crippen LogP contribution in [0, 0.1) is 20.8 Å². The third-order valence-electron chi connectivity index (χ3n) is 4.80. The van der Waals surface area contributed by atoms with Crippen LogP contribution in [-0.2, 0) is 13.1 Å². The van der Waals surface area contributed by atoms with Crippen molar-refractivity contribution >= 4 is 17.6 Å². The molecule has 0 bridgehead atoms. The molecule has 27 heavy (non-hydrogen) atoms. The number of hydrogen-bond acceptors (Lipinski definition) is 2. The first-order valence-electron chi connectivity index (χ1n) is 8.84. The number of hydrogen-bond donors (Lipinski definition) is 2. The molecular weight excluding hydrogens is 360 g/mol. The SMILES string of the molecule is Cc1ccc(-n2c(C)c(CNCc3cccc(Cl)c3)c(C(=O)O)c2C)cc1. The number of carbonyl (C=O) groups is 1. The van der Waals surface area contributed by atoms with Gasteiger partial charge in [0.25, 0.3) is 0 Å². The fourth-order valence-electron chi connectivity index (χ4n) is 3.46. The first-order valence-corrected chi connectivity index (χ1v) is 9.22. The number of benzene rings is 2. The largest absolute Gasteiger partial charge is 0.478 e. The van der Waals surface area contributed by atoms with Crippen LogP contribution in [0.5, 0.6) is 0 Å². The molecule has 0 unspecified atom stereocenters. The lowest BCUT2D eigenvalue weighted by molar-refractivity contribution is 0.0695. The van der Waals surface area contributed by atoms with Crippen LogP contribution in [0.15, 0.2) is 48.5 Å². The molecule has 0 saturated heterocycles. The lowest BCUT2D eigenvalue weighted by atomic mass is 10.1. The molecule has 0 aliphatic carbocycles. The van der Waals surface area contributed by atoms with Crippen LogP contribution in [0.4, 0.5) is 0 Å². The lowest BCUT2D eigenvalue weighted by Gasteiger charge is -2.10. The monoisotopic (exact) mass is 382 g/mol. The van der Waals surface area contributed by atoms with Gasteiger partial charge in [-0.25, -0.2) is 4.79 Å². The van der Waals surface area contributed by atoms with E-state index in [9.17, 15) is 9.90 Å². The number of aromatic carboxylic acids is 1. The minimum atomic E-state index is -0.902. The van der Waals surface area contributed by atoms with E-state index in [1.54, 1.807) is 0 Å². The maximum absolute atomic E-state index is 11.9. The number of aryl methyl sites for hydroxylation is 1. The van der Waals surface area contributed by atoms with Gasteiger partial charge in [-0.1, -0.05) is 41.4 Å². The first-order chi connectivity index (χ1) is 12.9. The Morgan fingerprint density at radius 1 is 1.04 bits per heavy atom. The molecule has 140 valence electrons. The molecule has 3 rings (SSSR count). The number of carboxylic acids is 1. The topological polar surface area (TPSA) is 54.3 Å². The third-order valence-corrected chi connectivity index (χ3v) is 5.03. The highest BCUT2D eigenvalue weighted by atomic mass is 35.5. The second-order valence-electron chi connectivity index (χ2n) is 6.73. The molecule has 2 aromatic carbocycles. The predicted octanol–water partition coefficient (Wildman–Crippen LogP) is 5.04. The summed E-state index contributed by atoms with van der Waals surface area (Å²) in [5, 5.41) is 13.8. The quantitative estimate of drug-likeness (QED) is 0.627. The second-order valence-corrected chi connectivity index (χ2v) is 7.17. The van der Waals surface area contributed by atoms with Crippen molar-refractivity contribution in [2.45, 2.75) is 33.9 Å². The number of halogens is 1. The summed E-state index contributed by atoms with van der Waals surface area (Å²) in [5.74, 6) is -0.902. The van der Waals surface area contributed by atoms with Gasteiger partial charge in [0, 0.05) is 40.8 Å². The lowest BCUT2D eigenvalue weighted by Crippen LogP contribution is -2.15. The maximum atomic E-state index is 11.9. The van der Waals surface area contributed by atoms with Gasteiger partial charge >= 0.3 is 5.97 Å². The van der Waals surface area contributed by atoms with Gasteiger partial charge in [-0.05, 0) is 50.6 Å². The van der Waals surface area contributed by atoms with Gasteiger partial charge in [0.05, 0.1) is 5.56 Å². The van der Waals surface area contributed by atoms with E-state index in [4.69, 9.17) is 11.6 Å². The van der Waals surface area contributed by atoms with E-state index in [-0.39, 0.29) is 0 Å². The van der Waals surface area contributed by atoms with Crippen molar-refractivity contribution in [2.24, 2.45) is 0 Å². The van der Waals surface area contributed by atoms with Crippen LogP contribution >= 0.6 is 11.6 Å². The van der Waals surface area contributed by atoms with Gasteiger partial charge in [-0.2, -0.15) is 0 Å². The molecule has 0 amide bonds. The van der Waals surface area contributed by atoms with Crippen LogP contribution in [0.25, 0.3) is 5.69 Å². The number of rotatable bonds is 6. The number of carboxylic acid groups (broad SMARTS) is 1. The average Bonchev–Trinajstić information content (AvgIpc) is 2.86. The Balaban J connectivity index is 1.91. The zero-order valence-electron chi connectivity index (χ0n) is 15.7. The molecule has 4 nitrogen and oxygen atoms in total. The zero-order valence-corrected chi connectivity index (χ0v) is 16.5. The molecule has 3 aromatic rings. The summed E-state index contributed by atoms with van der Waals surface area (Å²) in [6, 6.07) is 15.7. The Morgan fingerprint density at radius 2 is 1.74 bits per heavy atom. The number of aromatic nitrogens is 1. The van der Waals surface area contributed by atoms with Crippen molar-refractivity contribution in [1.29, 1.82) is 0 Å². The highest BCUT2D eigenvalue weighted by Crippen LogP contribution is 2.27. The van der Waals surface area contributed by atoms with Gasteiger partial charge < -0.3 is 15.0 Å². The minimum absolute atomic E-state index is 0.367. The Kier molecular flexibility index (Phi) is 5.68. The molecule has 1 aromatic heterocycles. The molecule has 0 aliphatic heterocycles. The van der Waals surface area contributed by atoms with Crippen molar-refractivity contribution in [2.75, 3.05) is 0 Å².